The fourth-order valence-electron chi connectivity index (χ4n) is 0.665. The molecule has 0 unspecified atom stereocenters. The summed E-state index contributed by atoms with van der Waals surface area (Å²) in [5, 5.41) is 13.7. The van der Waals surface area contributed by atoms with E-state index in [1.54, 1.807) is 0 Å². The van der Waals surface area contributed by atoms with Gasteiger partial charge in [-0.1, -0.05) is 11.6 Å². The van der Waals surface area contributed by atoms with Gasteiger partial charge in [0.1, 0.15) is 5.75 Å². The first kappa shape index (κ1) is 9.31. The van der Waals surface area contributed by atoms with E-state index in [0.717, 1.165) is 6.07 Å². The van der Waals surface area contributed by atoms with Crippen molar-refractivity contribution < 1.29 is 13.5 Å². The minimum absolute atomic E-state index is 0.0403. The molecule has 0 fully saturated rings. The third-order valence-corrected chi connectivity index (χ3v) is 2.46. The summed E-state index contributed by atoms with van der Waals surface area (Å²) in [5.41, 5.74) is 0. The van der Waals surface area contributed by atoms with Crippen LogP contribution in [-0.2, 0) is 10.0 Å². The van der Waals surface area contributed by atoms with Crippen LogP contribution in [0.5, 0.6) is 5.75 Å². The van der Waals surface area contributed by atoms with Gasteiger partial charge in [-0.05, 0) is 18.2 Å². The lowest BCUT2D eigenvalue weighted by atomic mass is 10.3. The molecule has 1 rings (SSSR count). The normalized spacial score (nSPS) is 11.5. The van der Waals surface area contributed by atoms with Crippen LogP contribution in [0.15, 0.2) is 23.1 Å². The molecule has 0 saturated heterocycles. The number of aromatic hydroxyl groups is 1. The Morgan fingerprint density at radius 2 is 2.00 bits per heavy atom. The van der Waals surface area contributed by atoms with E-state index in [4.69, 9.17) is 21.8 Å². The van der Waals surface area contributed by atoms with E-state index in [0.29, 0.717) is 0 Å². The molecule has 0 atom stereocenters. The summed E-state index contributed by atoms with van der Waals surface area (Å²) in [6, 6.07) is 3.44. The lowest BCUT2D eigenvalue weighted by Crippen LogP contribution is -2.11. The van der Waals surface area contributed by atoms with Crippen molar-refractivity contribution in [2.45, 2.75) is 4.90 Å². The van der Waals surface area contributed by atoms with Crippen LogP contribution in [0.3, 0.4) is 0 Å². The van der Waals surface area contributed by atoms with Crippen molar-refractivity contribution in [2.75, 3.05) is 0 Å². The summed E-state index contributed by atoms with van der Waals surface area (Å²) in [6.07, 6.45) is 0. The molecule has 1 aromatic rings. The number of hydrogen-bond donors (Lipinski definition) is 2. The first-order valence-corrected chi connectivity index (χ1v) is 4.85. The van der Waals surface area contributed by atoms with Crippen molar-refractivity contribution in [2.24, 2.45) is 5.14 Å². The summed E-state index contributed by atoms with van der Waals surface area (Å²) in [5.74, 6) is -0.177. The Balaban J connectivity index is 3.33. The largest absolute Gasteiger partial charge is 0.506 e. The molecule has 4 nitrogen and oxygen atoms in total. The number of primary sulfonamides is 1. The quantitative estimate of drug-likeness (QED) is 0.711. The van der Waals surface area contributed by atoms with Crippen molar-refractivity contribution in [1.29, 1.82) is 0 Å². The van der Waals surface area contributed by atoms with Crippen LogP contribution in [0.2, 0.25) is 5.02 Å². The number of benzene rings is 1. The molecule has 0 aliphatic rings. The van der Waals surface area contributed by atoms with Crippen molar-refractivity contribution in [3.8, 4) is 5.75 Å². The number of halogens is 1. The molecule has 0 aliphatic carbocycles. The average Bonchev–Trinajstić information content (AvgIpc) is 1.92. The Morgan fingerprint density at radius 1 is 1.42 bits per heavy atom. The van der Waals surface area contributed by atoms with Crippen LogP contribution < -0.4 is 5.14 Å². The molecule has 0 spiro atoms. The number of hydrogen-bond acceptors (Lipinski definition) is 3. The molecular weight excluding hydrogens is 202 g/mol. The molecule has 0 radical (unpaired) electrons. The van der Waals surface area contributed by atoms with Crippen LogP contribution in [-0.4, -0.2) is 13.5 Å². The Bertz CT molecular complexity index is 401. The lowest BCUT2D eigenvalue weighted by Gasteiger charge is -1.99. The molecule has 0 aromatic heterocycles. The predicted octanol–water partition coefficient (Wildman–Crippen LogP) is 0.693. The van der Waals surface area contributed by atoms with Crippen LogP contribution in [0.4, 0.5) is 0 Å². The Labute approximate surface area is 74.6 Å². The molecule has 0 bridgehead atoms. The van der Waals surface area contributed by atoms with Gasteiger partial charge in [0.25, 0.3) is 0 Å². The number of rotatable bonds is 1. The fourth-order valence-corrected chi connectivity index (χ4v) is 1.45. The van der Waals surface area contributed by atoms with Gasteiger partial charge in [-0.25, -0.2) is 13.6 Å². The second-order valence-electron chi connectivity index (χ2n) is 2.16. The molecule has 3 N–H and O–H groups in total. The van der Waals surface area contributed by atoms with Gasteiger partial charge in [0.05, 0.1) is 9.92 Å². The second-order valence-corrected chi connectivity index (χ2v) is 4.13. The minimum Gasteiger partial charge on any atom is -0.506 e. The first-order chi connectivity index (χ1) is 5.41. The van der Waals surface area contributed by atoms with E-state index in [2.05, 4.69) is 0 Å². The van der Waals surface area contributed by atoms with Crippen molar-refractivity contribution in [3.05, 3.63) is 23.2 Å². The number of phenolic OH excluding ortho intramolecular Hbond substituents is 1. The molecule has 6 heteroatoms. The monoisotopic (exact) mass is 207 g/mol. The molecule has 0 heterocycles. The van der Waals surface area contributed by atoms with Crippen LogP contribution in [0, 0.1) is 0 Å². The third kappa shape index (κ3) is 1.88. The zero-order valence-corrected chi connectivity index (χ0v) is 7.43. The summed E-state index contributed by atoms with van der Waals surface area (Å²) >= 11 is 5.45. The highest BCUT2D eigenvalue weighted by Gasteiger charge is 2.09. The molecule has 0 saturated carbocycles. The van der Waals surface area contributed by atoms with Gasteiger partial charge in [-0.3, -0.25) is 0 Å². The number of sulfonamides is 1. The molecule has 0 aliphatic heterocycles. The number of phenols is 1. The highest BCUT2D eigenvalue weighted by Crippen LogP contribution is 2.24. The zero-order valence-electron chi connectivity index (χ0n) is 5.86. The van der Waals surface area contributed by atoms with Crippen molar-refractivity contribution in [3.63, 3.8) is 0 Å². The zero-order chi connectivity index (χ0) is 9.35. The van der Waals surface area contributed by atoms with Crippen LogP contribution >= 0.6 is 11.6 Å². The predicted molar refractivity (Wildman–Crippen MR) is 44.5 cm³/mol. The standard InChI is InChI=1S/C6H6ClNO3S/c7-5-3-4(12(8,10)11)1-2-6(5)9/h1-3,9H,(H2,8,10,11). The van der Waals surface area contributed by atoms with Gasteiger partial charge in [-0.15, -0.1) is 0 Å². The van der Waals surface area contributed by atoms with Gasteiger partial charge in [-0.2, -0.15) is 0 Å². The van der Waals surface area contributed by atoms with Crippen LogP contribution in [0.25, 0.3) is 0 Å². The van der Waals surface area contributed by atoms with Crippen LogP contribution in [0.1, 0.15) is 0 Å². The van der Waals surface area contributed by atoms with E-state index in [-0.39, 0.29) is 15.7 Å². The SMILES string of the molecule is NS(=O)(=O)c1ccc(O)c(Cl)c1. The van der Waals surface area contributed by atoms with Crippen molar-refractivity contribution >= 4 is 21.6 Å². The Kier molecular flexibility index (Phi) is 2.27. The Morgan fingerprint density at radius 3 is 2.42 bits per heavy atom. The van der Waals surface area contributed by atoms with Gasteiger partial charge in [0.15, 0.2) is 0 Å². The molecule has 66 valence electrons. The van der Waals surface area contributed by atoms with E-state index >= 15 is 0 Å². The topological polar surface area (TPSA) is 80.4 Å². The van der Waals surface area contributed by atoms with Gasteiger partial charge >= 0.3 is 0 Å². The first-order valence-electron chi connectivity index (χ1n) is 2.92. The van der Waals surface area contributed by atoms with E-state index in [9.17, 15) is 8.42 Å². The third-order valence-electron chi connectivity index (χ3n) is 1.25. The van der Waals surface area contributed by atoms with Gasteiger partial charge in [0, 0.05) is 0 Å². The summed E-state index contributed by atoms with van der Waals surface area (Å²) in [7, 11) is -3.74. The minimum atomic E-state index is -3.74. The average molecular weight is 208 g/mol. The Hall–Kier alpha value is -0.780. The maximum absolute atomic E-state index is 10.7. The maximum Gasteiger partial charge on any atom is 0.238 e. The molecule has 12 heavy (non-hydrogen) atoms. The maximum atomic E-state index is 10.7. The lowest BCUT2D eigenvalue weighted by molar-refractivity contribution is 0.475. The summed E-state index contributed by atoms with van der Waals surface area (Å²) in [4.78, 5) is -0.120. The van der Waals surface area contributed by atoms with Crippen molar-refractivity contribution in [1.82, 2.24) is 0 Å². The summed E-state index contributed by atoms with van der Waals surface area (Å²) < 4.78 is 21.5. The second kappa shape index (κ2) is 2.93. The van der Waals surface area contributed by atoms with Gasteiger partial charge < -0.3 is 5.11 Å². The fraction of sp³-hybridized carbons (Fsp3) is 0. The number of nitrogens with two attached hydrogens (primary N) is 1. The van der Waals surface area contributed by atoms with E-state index < -0.39 is 10.0 Å². The molecule has 1 aromatic carbocycles. The highest BCUT2D eigenvalue weighted by molar-refractivity contribution is 7.89. The molecule has 0 amide bonds. The van der Waals surface area contributed by atoms with E-state index in [1.165, 1.54) is 12.1 Å². The highest BCUT2D eigenvalue weighted by atomic mass is 35.5. The van der Waals surface area contributed by atoms with E-state index in [1.807, 2.05) is 0 Å². The smallest absolute Gasteiger partial charge is 0.238 e. The molecular formula is C6H6ClNO3S. The van der Waals surface area contributed by atoms with Gasteiger partial charge in [0.2, 0.25) is 10.0 Å². The summed E-state index contributed by atoms with van der Waals surface area (Å²) in [6.45, 7) is 0.